The highest BCUT2D eigenvalue weighted by Gasteiger charge is 2.54. The lowest BCUT2D eigenvalue weighted by Gasteiger charge is -2.31. The van der Waals surface area contributed by atoms with Crippen LogP contribution in [0, 0.1) is 12.3 Å². The highest BCUT2D eigenvalue weighted by molar-refractivity contribution is 5.99. The maximum Gasteiger partial charge on any atom is 0.338 e. The molecule has 3 N–H and O–H groups in total. The fourth-order valence-corrected chi connectivity index (χ4v) is 6.31. The van der Waals surface area contributed by atoms with Crippen molar-refractivity contribution in [3.63, 3.8) is 0 Å². The van der Waals surface area contributed by atoms with Crippen LogP contribution >= 0.6 is 0 Å². The second-order valence-corrected chi connectivity index (χ2v) is 12.7. The number of carbonyl (C=O) groups excluding carboxylic acids is 2. The summed E-state index contributed by atoms with van der Waals surface area (Å²) in [5.74, 6) is 1.37. The van der Waals surface area contributed by atoms with Crippen LogP contribution in [-0.2, 0) is 25.6 Å². The van der Waals surface area contributed by atoms with Crippen LogP contribution in [0.1, 0.15) is 119 Å². The number of halogens is 1. The van der Waals surface area contributed by atoms with E-state index < -0.39 is 48.8 Å². The molecule has 1 aromatic carbocycles. The third kappa shape index (κ3) is 9.86. The number of rotatable bonds is 20. The van der Waals surface area contributed by atoms with Crippen molar-refractivity contribution in [1.82, 2.24) is 4.90 Å². The number of aliphatic imine (C=N–C) groups is 3. The van der Waals surface area contributed by atoms with Gasteiger partial charge in [-0.15, -0.1) is 6.42 Å². The number of fused-ring (bicyclic) bond motifs is 1. The molecule has 4 rings (SSSR count). The van der Waals surface area contributed by atoms with E-state index in [-0.39, 0.29) is 30.4 Å². The van der Waals surface area contributed by atoms with E-state index in [1.54, 1.807) is 24.3 Å². The number of hydrogen-bond acceptors (Lipinski definition) is 11. The van der Waals surface area contributed by atoms with Crippen molar-refractivity contribution in [3.05, 3.63) is 35.4 Å². The van der Waals surface area contributed by atoms with Gasteiger partial charge < -0.3 is 30.0 Å². The summed E-state index contributed by atoms with van der Waals surface area (Å²) >= 11 is 0. The number of terminal acetylenes is 1. The first-order valence-electron chi connectivity index (χ1n) is 17.4. The van der Waals surface area contributed by atoms with E-state index >= 15 is 0 Å². The first kappa shape index (κ1) is 37.0. The van der Waals surface area contributed by atoms with E-state index in [9.17, 15) is 19.1 Å². The molecule has 3 aliphatic rings. The Bertz CT molecular complexity index is 1360. The Morgan fingerprint density at radius 2 is 1.73 bits per heavy atom. The molecule has 5 atom stereocenters. The lowest BCUT2D eigenvalue weighted by atomic mass is 9.98. The number of esters is 2. The van der Waals surface area contributed by atoms with Gasteiger partial charge in [0, 0.05) is 18.4 Å². The molecule has 11 nitrogen and oxygen atoms in total. The molecule has 0 bridgehead atoms. The van der Waals surface area contributed by atoms with Gasteiger partial charge in [0.2, 0.25) is 0 Å². The highest BCUT2D eigenvalue weighted by atomic mass is 19.1. The smallest absolute Gasteiger partial charge is 0.338 e. The summed E-state index contributed by atoms with van der Waals surface area (Å²) in [6.45, 7) is 1.51. The van der Waals surface area contributed by atoms with Crippen molar-refractivity contribution in [1.29, 1.82) is 0 Å². The largest absolute Gasteiger partial charge is 0.461 e. The molecular formula is C36H50FN5O6. The van der Waals surface area contributed by atoms with Crippen LogP contribution in [-0.4, -0.2) is 77.0 Å². The highest BCUT2D eigenvalue weighted by Crippen LogP contribution is 2.37. The summed E-state index contributed by atoms with van der Waals surface area (Å²) in [5, 5.41) is 10.2. The van der Waals surface area contributed by atoms with E-state index in [1.165, 1.54) is 75.4 Å². The number of unbranched alkanes of at least 4 members (excludes halogenated alkanes) is 12. The number of aliphatic hydroxyl groups excluding tert-OH is 1. The summed E-state index contributed by atoms with van der Waals surface area (Å²) in [7, 11) is 0. The Labute approximate surface area is 283 Å². The molecule has 1 aromatic rings. The average Bonchev–Trinajstić information content (AvgIpc) is 3.67. The SMILES string of the molecule is C#C[C@]1(CO)O[C@@H](N2C=NC3C(N)=NC(F)=NC32)C[C@@H]1OC(=O)c1ccccc1COC(=O)CCCCCCCCCCCCCCC. The predicted octanol–water partition coefficient (Wildman–Crippen LogP) is 5.58. The van der Waals surface area contributed by atoms with E-state index in [2.05, 4.69) is 27.8 Å². The van der Waals surface area contributed by atoms with E-state index in [0.29, 0.717) is 12.0 Å². The lowest BCUT2D eigenvalue weighted by molar-refractivity contribution is -0.145. The number of aliphatic hydroxyl groups is 1. The van der Waals surface area contributed by atoms with E-state index in [0.717, 1.165) is 19.3 Å². The molecule has 0 radical (unpaired) electrons. The zero-order valence-electron chi connectivity index (χ0n) is 28.0. The molecule has 0 spiro atoms. The quantitative estimate of drug-likeness (QED) is 0.0793. The van der Waals surface area contributed by atoms with Gasteiger partial charge in [-0.2, -0.15) is 9.38 Å². The van der Waals surface area contributed by atoms with Gasteiger partial charge in [-0.25, -0.2) is 9.79 Å². The standard InChI is InChI=1S/C36H50FN5O6/c1-3-5-6-7-8-9-10-11-12-13-14-15-16-21-30(44)46-23-26-19-17-18-20-27(26)34(45)47-28-22-29(48-36(28,4-2)24-43)42-25-39-31-32(38)40-35(37)41-33(31)42/h2,17-20,25,28-29,31,33,43H,3,5-16,21-24H2,1H3,(H2,38,40,41)/t28-,29+,31?,33?,36+/m0/s1. The number of benzene rings is 1. The first-order valence-corrected chi connectivity index (χ1v) is 17.4. The number of amidine groups is 2. The van der Waals surface area contributed by atoms with Gasteiger partial charge in [-0.3, -0.25) is 9.79 Å². The van der Waals surface area contributed by atoms with Gasteiger partial charge in [0.1, 0.15) is 30.8 Å². The number of nitrogens with zero attached hydrogens (tertiary/aromatic N) is 4. The first-order chi connectivity index (χ1) is 23.3. The van der Waals surface area contributed by atoms with Crippen LogP contribution in [0.3, 0.4) is 0 Å². The molecule has 0 saturated carbocycles. The van der Waals surface area contributed by atoms with Crippen LogP contribution in [0.15, 0.2) is 39.2 Å². The molecule has 0 amide bonds. The lowest BCUT2D eigenvalue weighted by Crippen LogP contribution is -2.49. The summed E-state index contributed by atoms with van der Waals surface area (Å²) < 4.78 is 31.3. The zero-order valence-corrected chi connectivity index (χ0v) is 28.0. The van der Waals surface area contributed by atoms with Crippen molar-refractivity contribution in [2.45, 2.75) is 140 Å². The van der Waals surface area contributed by atoms with Crippen molar-refractivity contribution in [2.24, 2.45) is 20.7 Å². The summed E-state index contributed by atoms with van der Waals surface area (Å²) in [6, 6.07) is 5.96. The number of ether oxygens (including phenoxy) is 3. The molecule has 0 aromatic heterocycles. The molecule has 3 aliphatic heterocycles. The van der Waals surface area contributed by atoms with Crippen molar-refractivity contribution in [2.75, 3.05) is 6.61 Å². The topological polar surface area (TPSA) is 148 Å². The predicted molar refractivity (Wildman–Crippen MR) is 182 cm³/mol. The van der Waals surface area contributed by atoms with Crippen molar-refractivity contribution >= 4 is 30.2 Å². The summed E-state index contributed by atoms with van der Waals surface area (Å²) in [5.41, 5.74) is 4.84. The minimum Gasteiger partial charge on any atom is -0.461 e. The zero-order chi connectivity index (χ0) is 34.4. The Balaban J connectivity index is 1.21. The summed E-state index contributed by atoms with van der Waals surface area (Å²) in [6.07, 6.45) is 19.7. The normalized spacial score (nSPS) is 24.5. The fraction of sp³-hybridized carbons (Fsp3) is 0.639. The molecule has 1 fully saturated rings. The van der Waals surface area contributed by atoms with Gasteiger partial charge >= 0.3 is 18.0 Å². The van der Waals surface area contributed by atoms with Gasteiger partial charge in [0.05, 0.1) is 18.5 Å². The Morgan fingerprint density at radius 3 is 2.38 bits per heavy atom. The van der Waals surface area contributed by atoms with Crippen LogP contribution in [0.5, 0.6) is 0 Å². The van der Waals surface area contributed by atoms with Gasteiger partial charge in [0.15, 0.2) is 11.8 Å². The van der Waals surface area contributed by atoms with E-state index in [4.69, 9.17) is 26.4 Å². The minimum absolute atomic E-state index is 0.0285. The van der Waals surface area contributed by atoms with Crippen LogP contribution in [0.2, 0.25) is 0 Å². The van der Waals surface area contributed by atoms with Gasteiger partial charge in [-0.05, 0) is 12.5 Å². The molecule has 262 valence electrons. The number of nitrogens with two attached hydrogens (primary N) is 1. The van der Waals surface area contributed by atoms with Crippen LogP contribution in [0.25, 0.3) is 0 Å². The Kier molecular flexibility index (Phi) is 14.4. The van der Waals surface area contributed by atoms with Crippen molar-refractivity contribution in [3.8, 4) is 12.3 Å². The molecular weight excluding hydrogens is 617 g/mol. The van der Waals surface area contributed by atoms with Crippen LogP contribution in [0.4, 0.5) is 4.39 Å². The van der Waals surface area contributed by atoms with E-state index in [1.807, 2.05) is 0 Å². The fourth-order valence-electron chi connectivity index (χ4n) is 6.31. The van der Waals surface area contributed by atoms with Crippen LogP contribution < -0.4 is 5.73 Å². The molecule has 0 aliphatic carbocycles. The minimum atomic E-state index is -1.67. The molecule has 1 saturated heterocycles. The molecule has 3 heterocycles. The van der Waals surface area contributed by atoms with Gasteiger partial charge in [-0.1, -0.05) is 108 Å². The van der Waals surface area contributed by atoms with Gasteiger partial charge in [0.25, 0.3) is 0 Å². The average molecular weight is 668 g/mol. The molecule has 48 heavy (non-hydrogen) atoms. The maximum atomic E-state index is 14.0. The number of hydrogen-bond donors (Lipinski definition) is 2. The monoisotopic (exact) mass is 667 g/mol. The third-order valence-electron chi connectivity index (χ3n) is 9.17. The second kappa shape index (κ2) is 18.7. The number of carbonyl (C=O) groups is 2. The third-order valence-corrected chi connectivity index (χ3v) is 9.17. The maximum absolute atomic E-state index is 14.0. The Hall–Kier alpha value is -3.82. The molecule has 2 unspecified atom stereocenters. The Morgan fingerprint density at radius 1 is 1.08 bits per heavy atom. The second-order valence-electron chi connectivity index (χ2n) is 12.7. The van der Waals surface area contributed by atoms with Crippen molar-refractivity contribution < 1.29 is 33.3 Å². The molecule has 12 heteroatoms. The summed E-state index contributed by atoms with van der Waals surface area (Å²) in [4.78, 5) is 39.1.